The highest BCUT2D eigenvalue weighted by atomic mass is 35.5. The normalized spacial score (nSPS) is 10.6. The molecule has 0 unspecified atom stereocenters. The van der Waals surface area contributed by atoms with Crippen molar-refractivity contribution in [1.82, 2.24) is 0 Å². The van der Waals surface area contributed by atoms with Crippen molar-refractivity contribution in [1.29, 1.82) is 0 Å². The standard InChI is InChI=1S/C18H15ClFNO3/c1-12-4-2-3-5-16(12)21-17(22)11-24-18(23)9-7-13-6-8-15(20)14(19)10-13/h2-10H,11H2,1H3,(H,21,22)/b9-7+. The summed E-state index contributed by atoms with van der Waals surface area (Å²) >= 11 is 5.64. The highest BCUT2D eigenvalue weighted by molar-refractivity contribution is 6.30. The van der Waals surface area contributed by atoms with E-state index in [4.69, 9.17) is 16.3 Å². The SMILES string of the molecule is Cc1ccccc1NC(=O)COC(=O)/C=C/c1ccc(F)c(Cl)c1. The molecule has 4 nitrogen and oxygen atoms in total. The predicted molar refractivity (Wildman–Crippen MR) is 91.2 cm³/mol. The Balaban J connectivity index is 1.84. The molecule has 2 aromatic carbocycles. The topological polar surface area (TPSA) is 55.4 Å². The summed E-state index contributed by atoms with van der Waals surface area (Å²) in [5.41, 5.74) is 2.11. The summed E-state index contributed by atoms with van der Waals surface area (Å²) < 4.78 is 17.9. The summed E-state index contributed by atoms with van der Waals surface area (Å²) in [7, 11) is 0. The van der Waals surface area contributed by atoms with Crippen molar-refractivity contribution in [2.45, 2.75) is 6.92 Å². The van der Waals surface area contributed by atoms with Crippen molar-refractivity contribution in [3.8, 4) is 0 Å². The number of carbonyl (C=O) groups excluding carboxylic acids is 2. The zero-order chi connectivity index (χ0) is 17.5. The van der Waals surface area contributed by atoms with Crippen molar-refractivity contribution in [2.24, 2.45) is 0 Å². The quantitative estimate of drug-likeness (QED) is 0.657. The van der Waals surface area contributed by atoms with E-state index in [0.717, 1.165) is 11.6 Å². The molecule has 0 aliphatic rings. The molecule has 0 fully saturated rings. The largest absolute Gasteiger partial charge is 0.452 e. The molecule has 0 spiro atoms. The minimum atomic E-state index is -0.685. The van der Waals surface area contributed by atoms with Gasteiger partial charge in [-0.15, -0.1) is 0 Å². The van der Waals surface area contributed by atoms with Crippen LogP contribution in [0.5, 0.6) is 0 Å². The van der Waals surface area contributed by atoms with Crippen LogP contribution in [-0.4, -0.2) is 18.5 Å². The summed E-state index contributed by atoms with van der Waals surface area (Å²) in [5, 5.41) is 2.61. The Bertz CT molecular complexity index is 790. The third kappa shape index (κ3) is 5.21. The first-order valence-corrected chi connectivity index (χ1v) is 7.49. The number of hydrogen-bond acceptors (Lipinski definition) is 3. The van der Waals surface area contributed by atoms with Crippen molar-refractivity contribution in [3.05, 3.63) is 70.5 Å². The second-order valence-electron chi connectivity index (χ2n) is 4.98. The average Bonchev–Trinajstić information content (AvgIpc) is 2.56. The van der Waals surface area contributed by atoms with Gasteiger partial charge in [0.2, 0.25) is 0 Å². The van der Waals surface area contributed by atoms with Gasteiger partial charge in [0.15, 0.2) is 6.61 Å². The molecule has 0 aromatic heterocycles. The van der Waals surface area contributed by atoms with E-state index in [-0.39, 0.29) is 5.02 Å². The first-order valence-electron chi connectivity index (χ1n) is 7.11. The average molecular weight is 348 g/mol. The number of anilines is 1. The molecule has 0 saturated carbocycles. The highest BCUT2D eigenvalue weighted by Gasteiger charge is 2.07. The van der Waals surface area contributed by atoms with Gasteiger partial charge in [0.05, 0.1) is 5.02 Å². The zero-order valence-electron chi connectivity index (χ0n) is 12.9. The Morgan fingerprint density at radius 1 is 1.25 bits per heavy atom. The van der Waals surface area contributed by atoms with Gasteiger partial charge < -0.3 is 10.1 Å². The fraction of sp³-hybridized carbons (Fsp3) is 0.111. The number of nitrogens with one attached hydrogen (secondary N) is 1. The molecule has 0 aliphatic heterocycles. The number of amides is 1. The van der Waals surface area contributed by atoms with Crippen LogP contribution in [0.2, 0.25) is 5.02 Å². The van der Waals surface area contributed by atoms with E-state index in [9.17, 15) is 14.0 Å². The molecule has 124 valence electrons. The molecule has 0 aliphatic carbocycles. The molecular weight excluding hydrogens is 333 g/mol. The summed E-state index contributed by atoms with van der Waals surface area (Å²) in [5.74, 6) is -1.66. The minimum Gasteiger partial charge on any atom is -0.452 e. The predicted octanol–water partition coefficient (Wildman–Crippen LogP) is 3.98. The minimum absolute atomic E-state index is 0.0388. The zero-order valence-corrected chi connectivity index (χ0v) is 13.6. The lowest BCUT2D eigenvalue weighted by Crippen LogP contribution is -2.20. The van der Waals surface area contributed by atoms with Crippen LogP contribution in [0.15, 0.2) is 48.5 Å². The lowest BCUT2D eigenvalue weighted by Gasteiger charge is -2.07. The molecule has 24 heavy (non-hydrogen) atoms. The number of ether oxygens (including phenoxy) is 1. The van der Waals surface area contributed by atoms with Gasteiger partial charge in [-0.1, -0.05) is 35.9 Å². The summed E-state index contributed by atoms with van der Waals surface area (Å²) in [4.78, 5) is 23.3. The van der Waals surface area contributed by atoms with Gasteiger partial charge in [0.25, 0.3) is 5.91 Å². The maximum absolute atomic E-state index is 13.0. The number of esters is 1. The number of halogens is 2. The van der Waals surface area contributed by atoms with Crippen LogP contribution in [0.3, 0.4) is 0 Å². The lowest BCUT2D eigenvalue weighted by molar-refractivity contribution is -0.142. The second-order valence-corrected chi connectivity index (χ2v) is 5.38. The first-order chi connectivity index (χ1) is 11.5. The monoisotopic (exact) mass is 347 g/mol. The molecule has 1 N–H and O–H groups in total. The third-order valence-electron chi connectivity index (χ3n) is 3.12. The van der Waals surface area contributed by atoms with E-state index >= 15 is 0 Å². The highest BCUT2D eigenvalue weighted by Crippen LogP contribution is 2.17. The Kier molecular flexibility index (Phi) is 6.09. The molecule has 2 rings (SSSR count). The van der Waals surface area contributed by atoms with Crippen LogP contribution in [0.4, 0.5) is 10.1 Å². The molecule has 0 bridgehead atoms. The van der Waals surface area contributed by atoms with Crippen LogP contribution in [0.25, 0.3) is 6.08 Å². The maximum Gasteiger partial charge on any atom is 0.331 e. The van der Waals surface area contributed by atoms with Crippen LogP contribution in [-0.2, 0) is 14.3 Å². The van der Waals surface area contributed by atoms with Gasteiger partial charge in [-0.05, 0) is 42.3 Å². The number of hydrogen-bond donors (Lipinski definition) is 1. The number of carbonyl (C=O) groups is 2. The molecule has 0 atom stereocenters. The van der Waals surface area contributed by atoms with E-state index in [2.05, 4.69) is 5.32 Å². The van der Waals surface area contributed by atoms with E-state index in [1.54, 1.807) is 12.1 Å². The van der Waals surface area contributed by atoms with E-state index in [0.29, 0.717) is 11.3 Å². The molecule has 6 heteroatoms. The first kappa shape index (κ1) is 17.7. The molecule has 1 amide bonds. The van der Waals surface area contributed by atoms with Gasteiger partial charge in [0, 0.05) is 11.8 Å². The van der Waals surface area contributed by atoms with Gasteiger partial charge in [-0.2, -0.15) is 0 Å². The van der Waals surface area contributed by atoms with Gasteiger partial charge >= 0.3 is 5.97 Å². The fourth-order valence-electron chi connectivity index (χ4n) is 1.86. The molecule has 0 saturated heterocycles. The van der Waals surface area contributed by atoms with Crippen LogP contribution >= 0.6 is 11.6 Å². The number of para-hydroxylation sites is 1. The lowest BCUT2D eigenvalue weighted by atomic mass is 10.2. The summed E-state index contributed by atoms with van der Waals surface area (Å²) in [6.45, 7) is 1.46. The molecule has 0 heterocycles. The van der Waals surface area contributed by atoms with E-state index in [1.807, 2.05) is 19.1 Å². The van der Waals surface area contributed by atoms with Crippen molar-refractivity contribution in [3.63, 3.8) is 0 Å². The van der Waals surface area contributed by atoms with E-state index < -0.39 is 24.3 Å². The Labute approximate surface area is 143 Å². The fourth-order valence-corrected chi connectivity index (χ4v) is 2.05. The van der Waals surface area contributed by atoms with Crippen molar-refractivity contribution >= 4 is 35.2 Å². The summed E-state index contributed by atoms with van der Waals surface area (Å²) in [6, 6.07) is 11.3. The van der Waals surface area contributed by atoms with Gasteiger partial charge in [-0.3, -0.25) is 4.79 Å². The van der Waals surface area contributed by atoms with Gasteiger partial charge in [-0.25, -0.2) is 9.18 Å². The van der Waals surface area contributed by atoms with Crippen LogP contribution in [0.1, 0.15) is 11.1 Å². The molecule has 0 radical (unpaired) electrons. The van der Waals surface area contributed by atoms with Crippen molar-refractivity contribution < 1.29 is 18.7 Å². The van der Waals surface area contributed by atoms with Crippen molar-refractivity contribution in [2.75, 3.05) is 11.9 Å². The number of benzene rings is 2. The van der Waals surface area contributed by atoms with E-state index in [1.165, 1.54) is 24.3 Å². The Morgan fingerprint density at radius 3 is 2.71 bits per heavy atom. The second kappa shape index (κ2) is 8.26. The number of aryl methyl sites for hydroxylation is 1. The maximum atomic E-state index is 13.0. The van der Waals surface area contributed by atoms with Gasteiger partial charge in [0.1, 0.15) is 5.82 Å². The number of rotatable bonds is 5. The summed E-state index contributed by atoms with van der Waals surface area (Å²) in [6.07, 6.45) is 2.57. The Morgan fingerprint density at radius 2 is 2.00 bits per heavy atom. The molecule has 2 aromatic rings. The van der Waals surface area contributed by atoms with Crippen LogP contribution < -0.4 is 5.32 Å². The molecular formula is C18H15ClFNO3. The smallest absolute Gasteiger partial charge is 0.331 e. The van der Waals surface area contributed by atoms with Crippen LogP contribution in [0, 0.1) is 12.7 Å². The third-order valence-corrected chi connectivity index (χ3v) is 3.41. The Hall–Kier alpha value is -2.66.